The van der Waals surface area contributed by atoms with Crippen molar-refractivity contribution in [2.24, 2.45) is 0 Å². The van der Waals surface area contributed by atoms with E-state index < -0.39 is 17.7 Å². The first-order valence-corrected chi connectivity index (χ1v) is 6.95. The molecule has 0 radical (unpaired) electrons. The molecule has 1 N–H and O–H groups in total. The molecule has 0 saturated carbocycles. The second-order valence-corrected chi connectivity index (χ2v) is 8.18. The number of hydrogen-bond donors (Lipinski definition) is 1. The molecule has 18 heavy (non-hydrogen) atoms. The van der Waals surface area contributed by atoms with Gasteiger partial charge in [0.15, 0.2) is 0 Å². The van der Waals surface area contributed by atoms with Crippen molar-refractivity contribution in [3.63, 3.8) is 0 Å². The van der Waals surface area contributed by atoms with Crippen molar-refractivity contribution in [1.82, 2.24) is 10.2 Å². The van der Waals surface area contributed by atoms with Crippen molar-refractivity contribution in [2.45, 2.75) is 56.4 Å². The number of carbonyl (C=O) groups is 2. The van der Waals surface area contributed by atoms with Crippen molar-refractivity contribution < 1.29 is 14.3 Å². The van der Waals surface area contributed by atoms with Crippen LogP contribution in [0.4, 0.5) is 4.79 Å². The number of nitrogens with zero attached hydrogens (tertiary/aromatic N) is 1. The van der Waals surface area contributed by atoms with Gasteiger partial charge in [0.1, 0.15) is 17.0 Å². The SMILES string of the molecule is CC(C)(C)OC(=O)N[C@@H]1C(=O)N2CC(C)(C)S[C@H]12. The zero-order valence-electron chi connectivity index (χ0n) is 11.4. The first-order valence-electron chi connectivity index (χ1n) is 6.07. The lowest BCUT2D eigenvalue weighted by molar-refractivity contribution is -0.145. The van der Waals surface area contributed by atoms with E-state index in [0.717, 1.165) is 6.54 Å². The molecule has 0 unspecified atom stereocenters. The Bertz CT molecular complexity index is 389. The third kappa shape index (κ3) is 2.58. The van der Waals surface area contributed by atoms with Gasteiger partial charge >= 0.3 is 6.09 Å². The van der Waals surface area contributed by atoms with Crippen LogP contribution in [-0.2, 0) is 9.53 Å². The van der Waals surface area contributed by atoms with Gasteiger partial charge in [-0.2, -0.15) is 0 Å². The minimum Gasteiger partial charge on any atom is -0.444 e. The van der Waals surface area contributed by atoms with Crippen LogP contribution in [0.2, 0.25) is 0 Å². The standard InChI is InChI=1S/C12H20N2O3S/c1-11(2,3)17-10(16)13-7-8(15)14-6-12(4,5)18-9(7)14/h7,9H,6H2,1-5H3,(H,13,16)/t7-,9-/m1/s1. The number of fused-ring (bicyclic) bond motifs is 1. The lowest BCUT2D eigenvalue weighted by Gasteiger charge is -2.41. The zero-order valence-corrected chi connectivity index (χ0v) is 12.3. The van der Waals surface area contributed by atoms with Crippen LogP contribution in [0.1, 0.15) is 34.6 Å². The molecule has 2 aliphatic heterocycles. The van der Waals surface area contributed by atoms with Crippen LogP contribution in [0.15, 0.2) is 0 Å². The molecule has 6 heteroatoms. The smallest absolute Gasteiger partial charge is 0.408 e. The topological polar surface area (TPSA) is 58.6 Å². The van der Waals surface area contributed by atoms with Gasteiger partial charge in [0.05, 0.1) is 0 Å². The largest absolute Gasteiger partial charge is 0.444 e. The summed E-state index contributed by atoms with van der Waals surface area (Å²) in [6.45, 7) is 10.4. The molecule has 0 aliphatic carbocycles. The van der Waals surface area contributed by atoms with E-state index in [9.17, 15) is 9.59 Å². The van der Waals surface area contributed by atoms with Crippen LogP contribution in [-0.4, -0.2) is 45.2 Å². The van der Waals surface area contributed by atoms with Gasteiger partial charge in [0, 0.05) is 11.3 Å². The number of β-lactam (4-membered cyclic amide) rings is 1. The van der Waals surface area contributed by atoms with Crippen LogP contribution in [0.25, 0.3) is 0 Å². The Kier molecular flexibility index (Phi) is 3.04. The summed E-state index contributed by atoms with van der Waals surface area (Å²) in [7, 11) is 0. The highest BCUT2D eigenvalue weighted by Crippen LogP contribution is 2.46. The number of thioether (sulfide) groups is 1. The Morgan fingerprint density at radius 2 is 2.11 bits per heavy atom. The van der Waals surface area contributed by atoms with Crippen LogP contribution in [0.3, 0.4) is 0 Å². The van der Waals surface area contributed by atoms with Crippen molar-refractivity contribution in [3.05, 3.63) is 0 Å². The molecule has 0 spiro atoms. The normalized spacial score (nSPS) is 29.6. The number of alkyl carbamates (subject to hydrolysis) is 1. The number of amides is 2. The molecule has 2 rings (SSSR count). The van der Waals surface area contributed by atoms with Crippen LogP contribution in [0.5, 0.6) is 0 Å². The van der Waals surface area contributed by atoms with Crippen LogP contribution in [0, 0.1) is 0 Å². The van der Waals surface area contributed by atoms with Crippen LogP contribution >= 0.6 is 11.8 Å². The highest BCUT2D eigenvalue weighted by Gasteiger charge is 2.56. The minimum absolute atomic E-state index is 0.0102. The Balaban J connectivity index is 1.93. The maximum atomic E-state index is 11.9. The first-order chi connectivity index (χ1) is 8.09. The van der Waals surface area contributed by atoms with E-state index in [1.807, 2.05) is 4.90 Å². The summed E-state index contributed by atoms with van der Waals surface area (Å²) >= 11 is 1.72. The average molecular weight is 272 g/mol. The van der Waals surface area contributed by atoms with Gasteiger partial charge in [0.2, 0.25) is 5.91 Å². The molecule has 2 heterocycles. The second-order valence-electron chi connectivity index (χ2n) is 6.36. The van der Waals surface area contributed by atoms with Crippen molar-refractivity contribution in [3.8, 4) is 0 Å². The summed E-state index contributed by atoms with van der Waals surface area (Å²) < 4.78 is 5.22. The molecule has 2 saturated heterocycles. The molecule has 0 aromatic heterocycles. The van der Waals surface area contributed by atoms with E-state index in [2.05, 4.69) is 19.2 Å². The number of carbonyl (C=O) groups excluding carboxylic acids is 2. The summed E-state index contributed by atoms with van der Waals surface area (Å²) in [5.41, 5.74) is -0.543. The van der Waals surface area contributed by atoms with E-state index in [0.29, 0.717) is 0 Å². The Labute approximate surface area is 112 Å². The molecule has 2 aliphatic rings. The van der Waals surface area contributed by atoms with Gasteiger partial charge in [-0.15, -0.1) is 11.8 Å². The molecule has 0 bridgehead atoms. The Morgan fingerprint density at radius 1 is 1.50 bits per heavy atom. The third-order valence-electron chi connectivity index (χ3n) is 2.80. The van der Waals surface area contributed by atoms with Gasteiger partial charge in [-0.25, -0.2) is 4.79 Å². The minimum atomic E-state index is -0.543. The number of rotatable bonds is 1. The molecule has 0 aromatic carbocycles. The lowest BCUT2D eigenvalue weighted by atomic mass is 10.1. The first kappa shape index (κ1) is 13.5. The van der Waals surface area contributed by atoms with E-state index in [1.165, 1.54) is 0 Å². The van der Waals surface area contributed by atoms with Gasteiger partial charge in [-0.1, -0.05) is 0 Å². The maximum Gasteiger partial charge on any atom is 0.408 e. The molecule has 2 amide bonds. The summed E-state index contributed by atoms with van der Waals surface area (Å²) in [4.78, 5) is 25.3. The van der Waals surface area contributed by atoms with E-state index in [4.69, 9.17) is 4.74 Å². The quantitative estimate of drug-likeness (QED) is 0.736. The van der Waals surface area contributed by atoms with Crippen molar-refractivity contribution >= 4 is 23.8 Å². The number of hydrogen-bond acceptors (Lipinski definition) is 4. The molecule has 2 fully saturated rings. The third-order valence-corrected chi connectivity index (χ3v) is 4.34. The predicted molar refractivity (Wildman–Crippen MR) is 70.3 cm³/mol. The molecule has 0 aromatic rings. The Morgan fingerprint density at radius 3 is 2.67 bits per heavy atom. The highest BCUT2D eigenvalue weighted by molar-refractivity contribution is 8.01. The monoisotopic (exact) mass is 272 g/mol. The summed E-state index contributed by atoms with van der Waals surface area (Å²) in [5, 5.41) is 2.71. The number of ether oxygens (including phenoxy) is 1. The van der Waals surface area contributed by atoms with Gasteiger partial charge in [-0.05, 0) is 34.6 Å². The maximum absolute atomic E-state index is 11.9. The van der Waals surface area contributed by atoms with E-state index in [-0.39, 0.29) is 16.0 Å². The Hall–Kier alpha value is -0.910. The highest BCUT2D eigenvalue weighted by atomic mass is 32.2. The molecule has 102 valence electrons. The van der Waals surface area contributed by atoms with E-state index >= 15 is 0 Å². The van der Waals surface area contributed by atoms with Crippen LogP contribution < -0.4 is 5.32 Å². The molecule has 2 atom stereocenters. The number of nitrogens with one attached hydrogen (secondary N) is 1. The van der Waals surface area contributed by atoms with E-state index in [1.54, 1.807) is 32.5 Å². The average Bonchev–Trinajstić information content (AvgIpc) is 2.45. The van der Waals surface area contributed by atoms with Crippen molar-refractivity contribution in [2.75, 3.05) is 6.54 Å². The molecule has 5 nitrogen and oxygen atoms in total. The molecular weight excluding hydrogens is 252 g/mol. The lowest BCUT2D eigenvalue weighted by Crippen LogP contribution is -2.67. The second kappa shape index (κ2) is 4.05. The summed E-state index contributed by atoms with van der Waals surface area (Å²) in [5.74, 6) is -0.0102. The zero-order chi connectivity index (χ0) is 13.7. The van der Waals surface area contributed by atoms with Crippen molar-refractivity contribution in [1.29, 1.82) is 0 Å². The van der Waals surface area contributed by atoms with Gasteiger partial charge < -0.3 is 15.0 Å². The fraction of sp³-hybridized carbons (Fsp3) is 0.833. The van der Waals surface area contributed by atoms with Gasteiger partial charge in [0.25, 0.3) is 0 Å². The summed E-state index contributed by atoms with van der Waals surface area (Å²) in [6.07, 6.45) is -0.522. The van der Waals surface area contributed by atoms with Gasteiger partial charge in [-0.3, -0.25) is 4.79 Å². The predicted octanol–water partition coefficient (Wildman–Crippen LogP) is 1.57. The summed E-state index contributed by atoms with van der Waals surface area (Å²) in [6, 6.07) is -0.438. The molecular formula is C12H20N2O3S. The fourth-order valence-electron chi connectivity index (χ4n) is 2.17. The fourth-order valence-corrected chi connectivity index (χ4v) is 3.66.